The van der Waals surface area contributed by atoms with Crippen LogP contribution in [0.5, 0.6) is 0 Å². The van der Waals surface area contributed by atoms with Crippen molar-refractivity contribution in [2.75, 3.05) is 6.54 Å². The summed E-state index contributed by atoms with van der Waals surface area (Å²) in [5, 5.41) is 14.4. The molecular formula is C35H40F5N7O. The lowest BCUT2D eigenvalue weighted by atomic mass is 9.91. The number of nitrogens with one attached hydrogen (secondary N) is 4. The zero-order valence-electron chi connectivity index (χ0n) is 26.7. The predicted octanol–water partition coefficient (Wildman–Crippen LogP) is 6.90. The Morgan fingerprint density at radius 1 is 1.15 bits per heavy atom. The van der Waals surface area contributed by atoms with Crippen molar-refractivity contribution in [3.8, 4) is 16.9 Å². The van der Waals surface area contributed by atoms with Crippen LogP contribution in [0.4, 0.5) is 22.0 Å². The third kappa shape index (κ3) is 7.62. The first-order valence-electron chi connectivity index (χ1n) is 16.5. The second kappa shape index (κ2) is 13.8. The molecule has 1 aliphatic carbocycles. The number of aromatic nitrogens is 3. The standard InChI is InChI=1S/C35H40F5N7O/c1-19(41)43-13-12-23-5-3-7-30(44-23)25-11-10-24(17-28(25)36)47-18-22-16-31(45-33(22)46-34(47)48)26-14-20(4-2-6-29(42)21-8-9-21)15-27(32(26)37)35(38,39)40/h10-11,14-18,21,23,29-30,44H,2-9,12-13,42H2,1H3,(H2,41,43)(H,45,46,48)/t23-,29+,30-/m0/s1. The highest BCUT2D eigenvalue weighted by Crippen LogP contribution is 2.38. The summed E-state index contributed by atoms with van der Waals surface area (Å²) in [6.45, 7) is 2.33. The van der Waals surface area contributed by atoms with E-state index in [-0.39, 0.29) is 40.7 Å². The monoisotopic (exact) mass is 669 g/mol. The van der Waals surface area contributed by atoms with E-state index in [1.165, 1.54) is 24.4 Å². The van der Waals surface area contributed by atoms with Crippen LogP contribution >= 0.6 is 0 Å². The molecule has 1 aliphatic heterocycles. The lowest BCUT2D eigenvalue weighted by Crippen LogP contribution is -2.39. The van der Waals surface area contributed by atoms with Gasteiger partial charge in [0.15, 0.2) is 0 Å². The number of aryl methyl sites for hydroxylation is 1. The molecule has 2 aromatic heterocycles. The van der Waals surface area contributed by atoms with Crippen LogP contribution in [0.3, 0.4) is 0 Å². The van der Waals surface area contributed by atoms with Gasteiger partial charge in [0.25, 0.3) is 0 Å². The number of H-pyrrole nitrogens is 1. The van der Waals surface area contributed by atoms with Crippen molar-refractivity contribution in [3.63, 3.8) is 0 Å². The number of hydrogen-bond donors (Lipinski definition) is 5. The minimum Gasteiger partial charge on any atom is -0.374 e. The number of piperidine rings is 1. The predicted molar refractivity (Wildman–Crippen MR) is 175 cm³/mol. The number of hydrogen-bond acceptors (Lipinski definition) is 5. The smallest absolute Gasteiger partial charge is 0.374 e. The molecule has 8 nitrogen and oxygen atoms in total. The number of rotatable bonds is 11. The first kappa shape index (κ1) is 33.8. The van der Waals surface area contributed by atoms with E-state index in [9.17, 15) is 18.0 Å². The molecular weight excluding hydrogens is 629 g/mol. The Labute approximate surface area is 274 Å². The number of nitrogens with zero attached hydrogens (tertiary/aromatic N) is 2. The van der Waals surface area contributed by atoms with Crippen molar-refractivity contribution >= 4 is 16.9 Å². The second-order valence-corrected chi connectivity index (χ2v) is 13.2. The molecule has 0 bridgehead atoms. The van der Waals surface area contributed by atoms with Crippen LogP contribution < -0.4 is 22.1 Å². The number of halogens is 5. The number of nitrogens with two attached hydrogens (primary N) is 1. The van der Waals surface area contributed by atoms with Gasteiger partial charge in [-0.05, 0) is 100 Å². The number of benzene rings is 2. The lowest BCUT2D eigenvalue weighted by molar-refractivity contribution is -0.140. The van der Waals surface area contributed by atoms with E-state index in [0.29, 0.717) is 54.1 Å². The fourth-order valence-corrected chi connectivity index (χ4v) is 6.73. The Kier molecular flexibility index (Phi) is 9.71. The highest BCUT2D eigenvalue weighted by molar-refractivity contribution is 5.83. The van der Waals surface area contributed by atoms with Gasteiger partial charge in [0.05, 0.1) is 22.8 Å². The summed E-state index contributed by atoms with van der Waals surface area (Å²) in [6.07, 6.45) is 3.63. The first-order valence-corrected chi connectivity index (χ1v) is 16.5. The lowest BCUT2D eigenvalue weighted by Gasteiger charge is -2.32. The van der Waals surface area contributed by atoms with E-state index in [4.69, 9.17) is 11.1 Å². The van der Waals surface area contributed by atoms with Gasteiger partial charge in [-0.15, -0.1) is 0 Å². The third-order valence-corrected chi connectivity index (χ3v) is 9.47. The third-order valence-electron chi connectivity index (χ3n) is 9.47. The van der Waals surface area contributed by atoms with Crippen molar-refractivity contribution in [3.05, 3.63) is 81.4 Å². The van der Waals surface area contributed by atoms with Crippen LogP contribution in [0.2, 0.25) is 0 Å². The highest BCUT2D eigenvalue weighted by atomic mass is 19.4. The van der Waals surface area contributed by atoms with E-state index in [1.807, 2.05) is 0 Å². The van der Waals surface area contributed by atoms with E-state index >= 15 is 8.78 Å². The largest absolute Gasteiger partial charge is 0.419 e. The van der Waals surface area contributed by atoms with Crippen molar-refractivity contribution in [2.45, 2.75) is 89.0 Å². The van der Waals surface area contributed by atoms with Crippen LogP contribution in [0, 0.1) is 23.0 Å². The maximum Gasteiger partial charge on any atom is 0.419 e. The second-order valence-electron chi connectivity index (χ2n) is 13.2. The SMILES string of the molecule is CC(=N)NCC[C@@H]1CCC[C@@H](c2ccc(-n3cc4cc(-c5cc(CCC[C@@H](N)C6CC6)cc(C(F)(F)F)c5F)[nH]c4nc3=O)cc2F)N1. The summed E-state index contributed by atoms with van der Waals surface area (Å²) >= 11 is 0. The van der Waals surface area contributed by atoms with Crippen LogP contribution in [0.15, 0.2) is 47.4 Å². The fraction of sp³-hybridized carbons (Fsp3) is 0.457. The summed E-state index contributed by atoms with van der Waals surface area (Å²) in [5.74, 6) is -1.03. The molecule has 0 radical (unpaired) electrons. The van der Waals surface area contributed by atoms with E-state index in [2.05, 4.69) is 20.6 Å². The zero-order valence-corrected chi connectivity index (χ0v) is 26.7. The van der Waals surface area contributed by atoms with Crippen molar-refractivity contribution in [2.24, 2.45) is 11.7 Å². The molecule has 0 unspecified atom stereocenters. The van der Waals surface area contributed by atoms with Gasteiger partial charge in [-0.2, -0.15) is 18.2 Å². The first-order chi connectivity index (χ1) is 22.9. The number of alkyl halides is 3. The molecule has 6 N–H and O–H groups in total. The Hall–Kier alpha value is -4.10. The molecule has 2 fully saturated rings. The minimum atomic E-state index is -4.91. The van der Waals surface area contributed by atoms with E-state index in [1.54, 1.807) is 19.1 Å². The van der Waals surface area contributed by atoms with Crippen molar-refractivity contribution in [1.29, 1.82) is 5.41 Å². The topological polar surface area (TPSA) is 125 Å². The van der Waals surface area contributed by atoms with E-state index < -0.39 is 29.1 Å². The summed E-state index contributed by atoms with van der Waals surface area (Å²) in [5.41, 5.74) is 4.95. The average molecular weight is 670 g/mol. The molecule has 13 heteroatoms. The van der Waals surface area contributed by atoms with Crippen LogP contribution in [-0.2, 0) is 12.6 Å². The maximum absolute atomic E-state index is 15.5. The molecule has 3 heterocycles. The zero-order chi connectivity index (χ0) is 34.2. The summed E-state index contributed by atoms with van der Waals surface area (Å²) < 4.78 is 73.7. The molecule has 0 spiro atoms. The minimum absolute atomic E-state index is 0.0107. The molecule has 48 heavy (non-hydrogen) atoms. The Morgan fingerprint density at radius 3 is 2.65 bits per heavy atom. The van der Waals surface area contributed by atoms with Crippen LogP contribution in [0.1, 0.15) is 81.0 Å². The summed E-state index contributed by atoms with van der Waals surface area (Å²) in [6, 6.07) is 8.20. The van der Waals surface area contributed by atoms with Gasteiger partial charge in [-0.3, -0.25) is 9.98 Å². The molecule has 1 saturated carbocycles. The number of fused-ring (bicyclic) bond motifs is 1. The molecule has 6 rings (SSSR count). The molecule has 256 valence electrons. The van der Waals surface area contributed by atoms with Crippen molar-refractivity contribution < 1.29 is 22.0 Å². The Balaban J connectivity index is 1.25. The summed E-state index contributed by atoms with van der Waals surface area (Å²) in [4.78, 5) is 19.9. The quantitative estimate of drug-likeness (QED) is 0.0676. The molecule has 2 aromatic carbocycles. The van der Waals surface area contributed by atoms with Gasteiger partial charge in [-0.25, -0.2) is 13.6 Å². The highest BCUT2D eigenvalue weighted by Gasteiger charge is 2.36. The van der Waals surface area contributed by atoms with Gasteiger partial charge in [0, 0.05) is 47.4 Å². The van der Waals surface area contributed by atoms with Crippen LogP contribution in [0.25, 0.3) is 28.0 Å². The maximum atomic E-state index is 15.5. The Bertz CT molecular complexity index is 1860. The van der Waals surface area contributed by atoms with Crippen LogP contribution in [-0.4, -0.2) is 39.0 Å². The number of aromatic amines is 1. The molecule has 1 saturated heterocycles. The fourth-order valence-electron chi connectivity index (χ4n) is 6.73. The Morgan fingerprint density at radius 2 is 1.94 bits per heavy atom. The van der Waals surface area contributed by atoms with E-state index in [0.717, 1.165) is 49.2 Å². The van der Waals surface area contributed by atoms with Gasteiger partial charge >= 0.3 is 11.9 Å². The average Bonchev–Trinajstić information content (AvgIpc) is 3.80. The molecule has 4 aromatic rings. The van der Waals surface area contributed by atoms with Gasteiger partial charge < -0.3 is 21.4 Å². The molecule has 3 atom stereocenters. The molecule has 0 amide bonds. The normalized spacial score (nSPS) is 19.1. The molecule has 2 aliphatic rings. The summed E-state index contributed by atoms with van der Waals surface area (Å²) in [7, 11) is 0. The van der Waals surface area contributed by atoms with Gasteiger partial charge in [-0.1, -0.05) is 12.5 Å². The van der Waals surface area contributed by atoms with Crippen molar-refractivity contribution in [1.82, 2.24) is 25.2 Å². The van der Waals surface area contributed by atoms with Gasteiger partial charge in [0.2, 0.25) is 0 Å². The van der Waals surface area contributed by atoms with Gasteiger partial charge in [0.1, 0.15) is 17.3 Å². The number of amidine groups is 1.